The van der Waals surface area contributed by atoms with Crippen molar-refractivity contribution in [1.29, 1.82) is 0 Å². The predicted octanol–water partition coefficient (Wildman–Crippen LogP) is 2.90. The lowest BCUT2D eigenvalue weighted by Gasteiger charge is -2.41. The average Bonchev–Trinajstić information content (AvgIpc) is 2.43. The zero-order valence-electron chi connectivity index (χ0n) is 12.8. The molecule has 1 saturated heterocycles. The Morgan fingerprint density at radius 1 is 1.20 bits per heavy atom. The van der Waals surface area contributed by atoms with Crippen LogP contribution >= 0.6 is 0 Å². The zero-order chi connectivity index (χ0) is 14.5. The molecule has 2 rings (SSSR count). The number of aliphatic hydroxyl groups is 1. The Morgan fingerprint density at radius 3 is 2.55 bits per heavy atom. The number of nitrogens with zero attached hydrogens (tertiary/aromatic N) is 1. The van der Waals surface area contributed by atoms with Crippen LogP contribution in [0.4, 0.5) is 0 Å². The molecule has 0 aliphatic carbocycles. The molecule has 0 aromatic heterocycles. The zero-order valence-corrected chi connectivity index (χ0v) is 12.8. The number of piperidine rings is 1. The van der Waals surface area contributed by atoms with Gasteiger partial charge in [-0.1, -0.05) is 37.8 Å². The number of aliphatic hydroxyl groups excluding tert-OH is 1. The topological polar surface area (TPSA) is 23.5 Å². The van der Waals surface area contributed by atoms with Crippen LogP contribution in [0.15, 0.2) is 24.3 Å². The number of hydrogen-bond acceptors (Lipinski definition) is 2. The Hall–Kier alpha value is -1.30. The summed E-state index contributed by atoms with van der Waals surface area (Å²) in [6, 6.07) is 9.04. The highest BCUT2D eigenvalue weighted by Crippen LogP contribution is 2.28. The smallest absolute Gasteiger partial charge is 0.104 e. The minimum atomic E-state index is -0.0805. The number of rotatable bonds is 2. The molecule has 0 saturated carbocycles. The van der Waals surface area contributed by atoms with Gasteiger partial charge in [-0.25, -0.2) is 0 Å². The van der Waals surface area contributed by atoms with Crippen molar-refractivity contribution < 1.29 is 5.11 Å². The van der Waals surface area contributed by atoms with Gasteiger partial charge in [0.05, 0.1) is 0 Å². The van der Waals surface area contributed by atoms with Crippen molar-refractivity contribution in [2.75, 3.05) is 13.2 Å². The second kappa shape index (κ2) is 6.92. The van der Waals surface area contributed by atoms with Gasteiger partial charge in [0.1, 0.15) is 6.61 Å². The lowest BCUT2D eigenvalue weighted by molar-refractivity contribution is 0.0729. The molecule has 108 valence electrons. The van der Waals surface area contributed by atoms with Crippen LogP contribution in [0.5, 0.6) is 0 Å². The molecule has 3 atom stereocenters. The number of benzene rings is 1. The average molecular weight is 271 g/mol. The van der Waals surface area contributed by atoms with Gasteiger partial charge in [-0.05, 0) is 42.9 Å². The molecule has 1 N–H and O–H groups in total. The maximum atomic E-state index is 8.70. The third-order valence-electron chi connectivity index (χ3n) is 4.37. The molecule has 3 unspecified atom stereocenters. The van der Waals surface area contributed by atoms with Crippen LogP contribution in [0.3, 0.4) is 0 Å². The van der Waals surface area contributed by atoms with Crippen molar-refractivity contribution in [1.82, 2.24) is 4.90 Å². The van der Waals surface area contributed by atoms with E-state index in [0.717, 1.165) is 23.9 Å². The Morgan fingerprint density at radius 2 is 1.90 bits per heavy atom. The van der Waals surface area contributed by atoms with Gasteiger partial charge in [0.15, 0.2) is 0 Å². The van der Waals surface area contributed by atoms with Crippen LogP contribution in [0, 0.1) is 23.7 Å². The molecular weight excluding hydrogens is 246 g/mol. The summed E-state index contributed by atoms with van der Waals surface area (Å²) >= 11 is 0. The van der Waals surface area contributed by atoms with Crippen molar-refractivity contribution in [2.45, 2.75) is 39.8 Å². The van der Waals surface area contributed by atoms with Gasteiger partial charge >= 0.3 is 0 Å². The van der Waals surface area contributed by atoms with Gasteiger partial charge in [-0.15, -0.1) is 0 Å². The summed E-state index contributed by atoms with van der Waals surface area (Å²) < 4.78 is 0. The summed E-state index contributed by atoms with van der Waals surface area (Å²) in [7, 11) is 0. The summed E-state index contributed by atoms with van der Waals surface area (Å²) in [6.45, 7) is 9.19. The van der Waals surface area contributed by atoms with Crippen LogP contribution in [-0.2, 0) is 6.54 Å². The van der Waals surface area contributed by atoms with E-state index in [4.69, 9.17) is 5.11 Å². The van der Waals surface area contributed by atoms with E-state index in [1.54, 1.807) is 0 Å². The fourth-order valence-corrected chi connectivity index (χ4v) is 3.11. The molecule has 1 aromatic rings. The molecule has 1 aliphatic heterocycles. The fourth-order valence-electron chi connectivity index (χ4n) is 3.11. The van der Waals surface area contributed by atoms with E-state index in [1.165, 1.54) is 18.5 Å². The summed E-state index contributed by atoms with van der Waals surface area (Å²) in [5.74, 6) is 7.17. The monoisotopic (exact) mass is 271 g/mol. The molecule has 0 spiro atoms. The Bertz CT molecular complexity index is 482. The highest BCUT2D eigenvalue weighted by atomic mass is 16.2. The maximum absolute atomic E-state index is 8.70. The predicted molar refractivity (Wildman–Crippen MR) is 83.2 cm³/mol. The molecule has 2 heteroatoms. The lowest BCUT2D eigenvalue weighted by Crippen LogP contribution is -2.45. The molecule has 2 nitrogen and oxygen atoms in total. The Kier molecular flexibility index (Phi) is 5.23. The summed E-state index contributed by atoms with van der Waals surface area (Å²) in [5, 5.41) is 8.70. The normalized spacial score (nSPS) is 26.9. The summed E-state index contributed by atoms with van der Waals surface area (Å²) in [6.07, 6.45) is 1.34. The molecule has 0 amide bonds. The van der Waals surface area contributed by atoms with E-state index in [0.29, 0.717) is 6.04 Å². The molecule has 20 heavy (non-hydrogen) atoms. The van der Waals surface area contributed by atoms with E-state index in [2.05, 4.69) is 49.6 Å². The largest absolute Gasteiger partial charge is 0.384 e. The highest BCUT2D eigenvalue weighted by molar-refractivity contribution is 5.36. The first kappa shape index (κ1) is 15.1. The van der Waals surface area contributed by atoms with Crippen molar-refractivity contribution in [2.24, 2.45) is 11.8 Å². The van der Waals surface area contributed by atoms with E-state index in [-0.39, 0.29) is 6.61 Å². The van der Waals surface area contributed by atoms with Gasteiger partial charge in [-0.3, -0.25) is 4.90 Å². The Balaban J connectivity index is 2.02. The molecule has 1 aliphatic rings. The van der Waals surface area contributed by atoms with Gasteiger partial charge < -0.3 is 5.11 Å². The van der Waals surface area contributed by atoms with Gasteiger partial charge in [0, 0.05) is 24.7 Å². The van der Waals surface area contributed by atoms with E-state index in [9.17, 15) is 0 Å². The highest BCUT2D eigenvalue weighted by Gasteiger charge is 2.28. The number of likely N-dealkylation sites (tertiary alicyclic amines) is 1. The minimum Gasteiger partial charge on any atom is -0.384 e. The molecular formula is C18H25NO. The first-order valence-corrected chi connectivity index (χ1v) is 7.53. The molecule has 1 heterocycles. The van der Waals surface area contributed by atoms with Gasteiger partial charge in [-0.2, -0.15) is 0 Å². The van der Waals surface area contributed by atoms with E-state index < -0.39 is 0 Å². The maximum Gasteiger partial charge on any atom is 0.104 e. The first-order valence-electron chi connectivity index (χ1n) is 7.53. The molecule has 1 fully saturated rings. The van der Waals surface area contributed by atoms with Crippen LogP contribution in [0.25, 0.3) is 0 Å². The van der Waals surface area contributed by atoms with Gasteiger partial charge in [0.25, 0.3) is 0 Å². The number of hydrogen-bond donors (Lipinski definition) is 1. The standard InChI is InChI=1S/C18H25NO/c1-14-11-15(2)16(3)19(12-14)13-18-8-6-17(7-9-18)5-4-10-20/h6-9,14-16,20H,10-13H2,1-3H3. The third-order valence-corrected chi connectivity index (χ3v) is 4.37. The van der Waals surface area contributed by atoms with Gasteiger partial charge in [0.2, 0.25) is 0 Å². The van der Waals surface area contributed by atoms with E-state index >= 15 is 0 Å². The quantitative estimate of drug-likeness (QED) is 0.836. The second-order valence-corrected chi connectivity index (χ2v) is 6.15. The van der Waals surface area contributed by atoms with Crippen LogP contribution in [0.1, 0.15) is 38.3 Å². The molecule has 1 aromatic carbocycles. The lowest BCUT2D eigenvalue weighted by atomic mass is 9.86. The van der Waals surface area contributed by atoms with Crippen molar-refractivity contribution in [3.63, 3.8) is 0 Å². The third kappa shape index (κ3) is 3.85. The molecule has 0 radical (unpaired) electrons. The van der Waals surface area contributed by atoms with Crippen LogP contribution < -0.4 is 0 Å². The van der Waals surface area contributed by atoms with Crippen molar-refractivity contribution in [3.8, 4) is 11.8 Å². The Labute approximate surface area is 122 Å². The first-order chi connectivity index (χ1) is 9.60. The minimum absolute atomic E-state index is 0.0805. The fraction of sp³-hybridized carbons (Fsp3) is 0.556. The van der Waals surface area contributed by atoms with Crippen molar-refractivity contribution >= 4 is 0 Å². The van der Waals surface area contributed by atoms with E-state index in [1.807, 2.05) is 12.1 Å². The van der Waals surface area contributed by atoms with Crippen LogP contribution in [0.2, 0.25) is 0 Å². The summed E-state index contributed by atoms with van der Waals surface area (Å²) in [4.78, 5) is 2.59. The molecule has 0 bridgehead atoms. The summed E-state index contributed by atoms with van der Waals surface area (Å²) in [5.41, 5.74) is 2.31. The second-order valence-electron chi connectivity index (χ2n) is 6.15. The SMILES string of the molecule is CC1CC(C)C(C)N(Cc2ccc(C#CCO)cc2)C1. The van der Waals surface area contributed by atoms with Crippen molar-refractivity contribution in [3.05, 3.63) is 35.4 Å². The van der Waals surface area contributed by atoms with Crippen LogP contribution in [-0.4, -0.2) is 29.2 Å².